The van der Waals surface area contributed by atoms with Crippen molar-refractivity contribution in [1.29, 1.82) is 0 Å². The van der Waals surface area contributed by atoms with Crippen LogP contribution in [-0.4, -0.2) is 34.1 Å². The predicted molar refractivity (Wildman–Crippen MR) is 193 cm³/mol. The molecular weight excluding hydrogens is 847 g/mol. The fourth-order valence-corrected chi connectivity index (χ4v) is 5.94. The molecule has 0 saturated carbocycles. The van der Waals surface area contributed by atoms with Crippen LogP contribution in [0.5, 0.6) is 23.0 Å². The summed E-state index contributed by atoms with van der Waals surface area (Å²) in [4.78, 5) is 22.9. The van der Waals surface area contributed by atoms with Gasteiger partial charge in [0.05, 0.1) is 5.56 Å². The van der Waals surface area contributed by atoms with Crippen molar-refractivity contribution in [3.05, 3.63) is 159 Å². The number of pyridine rings is 2. The third-order valence-electron chi connectivity index (χ3n) is 8.31. The number of fused-ring (bicyclic) bond motifs is 3. The Bertz CT molecular complexity index is 2520. The minimum atomic E-state index is 0. The Labute approximate surface area is 332 Å². The van der Waals surface area contributed by atoms with Crippen LogP contribution in [-0.2, 0) is 47.9 Å². The minimum Gasteiger partial charge on any atom is -0.503 e. The summed E-state index contributed by atoms with van der Waals surface area (Å²) in [5, 5.41) is 1.85. The van der Waals surface area contributed by atoms with E-state index in [9.17, 15) is 0 Å². The van der Waals surface area contributed by atoms with Gasteiger partial charge in [-0.05, 0) is 23.5 Å². The van der Waals surface area contributed by atoms with Gasteiger partial charge in [0.15, 0.2) is 0 Å². The second-order valence-electron chi connectivity index (χ2n) is 11.6. The van der Waals surface area contributed by atoms with Gasteiger partial charge in [0.25, 0.3) is 0 Å². The normalized spacial score (nSPS) is 10.8. The van der Waals surface area contributed by atoms with Crippen LogP contribution in [0.25, 0.3) is 61.7 Å². The average molecular weight is 873 g/mol. The summed E-state index contributed by atoms with van der Waals surface area (Å²) in [5.41, 5.74) is 5.49. The van der Waals surface area contributed by atoms with Crippen LogP contribution in [0.1, 0.15) is 0 Å². The van der Waals surface area contributed by atoms with E-state index in [0.29, 0.717) is 40.0 Å². The Morgan fingerprint density at radius 2 is 1.04 bits per heavy atom. The molecule has 0 N–H and O–H groups in total. The summed E-state index contributed by atoms with van der Waals surface area (Å²) < 4.78 is 16.5. The Kier molecular flexibility index (Phi) is 10.4. The van der Waals surface area contributed by atoms with Crippen LogP contribution < -0.4 is 9.47 Å². The van der Waals surface area contributed by atoms with Crippen molar-refractivity contribution in [1.82, 2.24) is 34.1 Å². The molecule has 53 heavy (non-hydrogen) atoms. The average Bonchev–Trinajstić information content (AvgIpc) is 3.76. The molecule has 0 fully saturated rings. The van der Waals surface area contributed by atoms with Crippen molar-refractivity contribution in [3.8, 4) is 62.8 Å². The van der Waals surface area contributed by atoms with E-state index in [2.05, 4.69) is 39.2 Å². The van der Waals surface area contributed by atoms with Crippen molar-refractivity contribution < 1.29 is 50.3 Å². The molecule has 11 heteroatoms. The summed E-state index contributed by atoms with van der Waals surface area (Å²) in [5.74, 6) is 3.28. The zero-order valence-corrected chi connectivity index (χ0v) is 30.9. The number of benzene rings is 4. The van der Waals surface area contributed by atoms with Crippen LogP contribution in [0.2, 0.25) is 0 Å². The topological polar surface area (TPSA) is 92.8 Å². The number of hydrogen-bond acceptors (Lipinski definition) is 7. The third kappa shape index (κ3) is 7.17. The third-order valence-corrected chi connectivity index (χ3v) is 8.31. The summed E-state index contributed by atoms with van der Waals surface area (Å²) in [6.07, 6.45) is 10.7. The molecule has 9 rings (SSSR count). The van der Waals surface area contributed by atoms with Gasteiger partial charge < -0.3 is 28.6 Å². The zero-order chi connectivity index (χ0) is 34.1. The standard InChI is InChI=1S/C42H25N7O2.2Pd/c1-48-21-20-45-41(48)30-26-46-42(47-27-30)49-39-24-33(50-31-10-6-8-28(22-31)37-12-2-4-18-43-37)14-16-35(39)36-17-15-34(25-40(36)49)51-32-11-7-9-29(23-32)38-13-3-5-19-44-38;;/h2-21,26-27H,1H3;;/q-4;2*+2. The van der Waals surface area contributed by atoms with Crippen LogP contribution in [0, 0.1) is 24.3 Å². The summed E-state index contributed by atoms with van der Waals surface area (Å²) in [7, 11) is 1.93. The predicted octanol–water partition coefficient (Wildman–Crippen LogP) is 8.88. The molecule has 9 aromatic rings. The van der Waals surface area contributed by atoms with Crippen LogP contribution in [0.4, 0.5) is 0 Å². The zero-order valence-electron chi connectivity index (χ0n) is 27.8. The van der Waals surface area contributed by atoms with Gasteiger partial charge >= 0.3 is 40.8 Å². The maximum Gasteiger partial charge on any atom is 2.00 e. The number of nitrogens with zero attached hydrogens (tertiary/aromatic N) is 7. The molecule has 0 amide bonds. The maximum absolute atomic E-state index is 6.32. The Morgan fingerprint density at radius 3 is 1.51 bits per heavy atom. The van der Waals surface area contributed by atoms with Crippen molar-refractivity contribution >= 4 is 21.8 Å². The molecule has 0 unspecified atom stereocenters. The van der Waals surface area contributed by atoms with Gasteiger partial charge in [0.2, 0.25) is 5.95 Å². The van der Waals surface area contributed by atoms with Crippen molar-refractivity contribution in [3.63, 3.8) is 0 Å². The summed E-state index contributed by atoms with van der Waals surface area (Å²) in [6.45, 7) is 0. The molecular formula is C42H25N7O2Pd2. The molecule has 0 aliphatic carbocycles. The molecule has 9 nitrogen and oxygen atoms in total. The molecule has 260 valence electrons. The first-order valence-corrected chi connectivity index (χ1v) is 16.1. The van der Waals surface area contributed by atoms with E-state index < -0.39 is 0 Å². The molecule has 5 heterocycles. The molecule has 5 aromatic heterocycles. The smallest absolute Gasteiger partial charge is 0.503 e. The van der Waals surface area contributed by atoms with Gasteiger partial charge in [-0.1, -0.05) is 47.4 Å². The quantitative estimate of drug-likeness (QED) is 0.111. The number of imidazole rings is 1. The Morgan fingerprint density at radius 1 is 0.509 bits per heavy atom. The van der Waals surface area contributed by atoms with Crippen molar-refractivity contribution in [2.24, 2.45) is 7.05 Å². The number of ether oxygens (including phenoxy) is 2. The van der Waals surface area contributed by atoms with Gasteiger partial charge in [-0.25, -0.2) is 15.0 Å². The Hall–Kier alpha value is -5.81. The fraction of sp³-hybridized carbons (Fsp3) is 0.0238. The summed E-state index contributed by atoms with van der Waals surface area (Å²) >= 11 is 0. The van der Waals surface area contributed by atoms with Gasteiger partial charge in [0, 0.05) is 67.2 Å². The largest absolute Gasteiger partial charge is 2.00 e. The first kappa shape index (κ1) is 35.6. The van der Waals surface area contributed by atoms with Crippen LogP contribution in [0.15, 0.2) is 134 Å². The molecule has 0 spiro atoms. The molecule has 0 aliphatic rings. The molecule has 4 aromatic carbocycles. The molecule has 0 aliphatic heterocycles. The van der Waals surface area contributed by atoms with Crippen molar-refractivity contribution in [2.75, 3.05) is 0 Å². The Balaban J connectivity index is 0.00000218. The first-order chi connectivity index (χ1) is 25.2. The second kappa shape index (κ2) is 15.4. The van der Waals surface area contributed by atoms with Gasteiger partial charge in [-0.3, -0.25) is 0 Å². The molecule has 0 radical (unpaired) electrons. The number of hydrogen-bond donors (Lipinski definition) is 0. The van der Waals surface area contributed by atoms with E-state index in [1.165, 1.54) is 0 Å². The van der Waals surface area contributed by atoms with E-state index in [1.54, 1.807) is 31.0 Å². The fourth-order valence-electron chi connectivity index (χ4n) is 5.94. The van der Waals surface area contributed by atoms with Gasteiger partial charge in [-0.2, -0.15) is 22.9 Å². The van der Waals surface area contributed by atoms with E-state index in [1.807, 2.05) is 119 Å². The van der Waals surface area contributed by atoms with E-state index in [-0.39, 0.29) is 40.8 Å². The van der Waals surface area contributed by atoms with E-state index >= 15 is 0 Å². The van der Waals surface area contributed by atoms with Gasteiger partial charge in [-0.15, -0.1) is 71.8 Å². The van der Waals surface area contributed by atoms with Crippen LogP contribution >= 0.6 is 0 Å². The van der Waals surface area contributed by atoms with E-state index in [0.717, 1.165) is 44.7 Å². The maximum atomic E-state index is 6.32. The van der Waals surface area contributed by atoms with E-state index in [4.69, 9.17) is 19.4 Å². The second-order valence-corrected chi connectivity index (χ2v) is 11.6. The van der Waals surface area contributed by atoms with Gasteiger partial charge in [0.1, 0.15) is 5.82 Å². The summed E-state index contributed by atoms with van der Waals surface area (Å²) in [6, 6.07) is 44.4. The first-order valence-electron chi connectivity index (χ1n) is 16.1. The number of rotatable bonds is 8. The molecule has 0 bridgehead atoms. The van der Waals surface area contributed by atoms with Crippen molar-refractivity contribution in [2.45, 2.75) is 0 Å². The molecule has 0 saturated heterocycles. The number of aryl methyl sites for hydroxylation is 1. The number of aromatic nitrogens is 7. The molecule has 0 atom stereocenters. The van der Waals surface area contributed by atoms with Crippen LogP contribution in [0.3, 0.4) is 0 Å². The monoisotopic (exact) mass is 871 g/mol. The SMILES string of the molecule is Cn1ccnc1-c1cnc(-n2c3[c-]c(Oc4[c-]c(-c5ccccn5)ccc4)ccc3c3ccc(Oc4[c-]c(-c5ccccn5)ccc4)[c-]c32)nc1.[Pd+2].[Pd+2]. The minimum absolute atomic E-state index is 0.